The van der Waals surface area contributed by atoms with Crippen LogP contribution in [0.5, 0.6) is 0 Å². The van der Waals surface area contributed by atoms with Crippen molar-refractivity contribution >= 4 is 39.3 Å². The highest BCUT2D eigenvalue weighted by atomic mass is 15.5. The van der Waals surface area contributed by atoms with E-state index in [2.05, 4.69) is 168 Å². The molecule has 37 heavy (non-hydrogen) atoms. The lowest BCUT2D eigenvalue weighted by Gasteiger charge is -2.29. The second-order valence-corrected chi connectivity index (χ2v) is 9.39. The molecule has 0 atom stereocenters. The van der Waals surface area contributed by atoms with E-state index in [1.165, 1.54) is 16.5 Å². The maximum absolute atomic E-state index is 2.31. The summed E-state index contributed by atoms with van der Waals surface area (Å²) in [7, 11) is 0. The molecule has 0 saturated carbocycles. The van der Waals surface area contributed by atoms with Gasteiger partial charge in [0.15, 0.2) is 0 Å². The van der Waals surface area contributed by atoms with Gasteiger partial charge in [-0.25, -0.2) is 5.01 Å². The van der Waals surface area contributed by atoms with Crippen LogP contribution in [0.15, 0.2) is 140 Å². The van der Waals surface area contributed by atoms with E-state index in [-0.39, 0.29) is 0 Å². The van der Waals surface area contributed by atoms with Crippen LogP contribution in [0.25, 0.3) is 10.9 Å². The molecule has 5 aromatic carbocycles. The zero-order valence-corrected chi connectivity index (χ0v) is 21.1. The van der Waals surface area contributed by atoms with E-state index in [0.717, 1.165) is 34.0 Å². The molecule has 3 nitrogen and oxygen atoms in total. The quantitative estimate of drug-likeness (QED) is 0.236. The van der Waals surface area contributed by atoms with Gasteiger partial charge in [0, 0.05) is 28.6 Å². The van der Waals surface area contributed by atoms with Crippen LogP contribution in [-0.2, 0) is 0 Å². The largest absolute Gasteiger partial charge is 0.310 e. The number of aromatic nitrogens is 1. The Kier molecular flexibility index (Phi) is 5.95. The van der Waals surface area contributed by atoms with Crippen LogP contribution >= 0.6 is 0 Å². The van der Waals surface area contributed by atoms with Crippen molar-refractivity contribution in [3.63, 3.8) is 0 Å². The van der Waals surface area contributed by atoms with Gasteiger partial charge < -0.3 is 4.90 Å². The molecule has 0 aliphatic rings. The third-order valence-electron chi connectivity index (χ3n) is 6.72. The van der Waals surface area contributed by atoms with Gasteiger partial charge in [-0.3, -0.25) is 4.68 Å². The van der Waals surface area contributed by atoms with Crippen molar-refractivity contribution in [3.8, 4) is 0 Å². The van der Waals surface area contributed by atoms with E-state index in [1.807, 2.05) is 0 Å². The van der Waals surface area contributed by atoms with Crippen LogP contribution in [0.1, 0.15) is 11.1 Å². The maximum atomic E-state index is 2.31. The molecule has 6 aromatic rings. The summed E-state index contributed by atoms with van der Waals surface area (Å²) in [4.78, 5) is 2.31. The van der Waals surface area contributed by atoms with E-state index in [9.17, 15) is 0 Å². The summed E-state index contributed by atoms with van der Waals surface area (Å²) in [5, 5.41) is 3.46. The first-order valence-electron chi connectivity index (χ1n) is 12.6. The molecule has 0 amide bonds. The molecule has 3 heteroatoms. The molecule has 0 aliphatic heterocycles. The normalized spacial score (nSPS) is 11.0. The standard InChI is InChI=1S/C34H29N3/c1-26-13-18-30(19-14-26)36(29-9-5-3-6-10-29)33-22-17-28-23-24-35(34(28)25-33)37(31-11-7-4-8-12-31)32-20-15-27(2)16-21-32/h3-25H,1-2H3. The summed E-state index contributed by atoms with van der Waals surface area (Å²) >= 11 is 0. The number of para-hydroxylation sites is 2. The van der Waals surface area contributed by atoms with E-state index >= 15 is 0 Å². The van der Waals surface area contributed by atoms with Gasteiger partial charge in [-0.1, -0.05) is 77.9 Å². The van der Waals surface area contributed by atoms with Crippen molar-refractivity contribution in [1.82, 2.24) is 4.68 Å². The highest BCUT2D eigenvalue weighted by Gasteiger charge is 2.17. The lowest BCUT2D eigenvalue weighted by Crippen LogP contribution is -2.23. The number of aryl methyl sites for hydroxylation is 2. The summed E-state index contributed by atoms with van der Waals surface area (Å²) < 4.78 is 2.25. The molecular weight excluding hydrogens is 450 g/mol. The molecule has 0 bridgehead atoms. The Hall–Kier alpha value is -4.76. The number of rotatable bonds is 6. The van der Waals surface area contributed by atoms with E-state index in [0.29, 0.717) is 0 Å². The Morgan fingerprint density at radius 3 is 1.57 bits per heavy atom. The van der Waals surface area contributed by atoms with E-state index in [4.69, 9.17) is 0 Å². The molecule has 180 valence electrons. The summed E-state index contributed by atoms with van der Waals surface area (Å²) in [6, 6.07) is 47.4. The van der Waals surface area contributed by atoms with Gasteiger partial charge in [0.2, 0.25) is 0 Å². The molecule has 1 heterocycles. The molecule has 1 aromatic heterocycles. The number of hydrogen-bond donors (Lipinski definition) is 0. The minimum atomic E-state index is 1.10. The van der Waals surface area contributed by atoms with Crippen LogP contribution in [0.2, 0.25) is 0 Å². The van der Waals surface area contributed by atoms with Gasteiger partial charge in [0.1, 0.15) is 0 Å². The average molecular weight is 480 g/mol. The first-order chi connectivity index (χ1) is 18.2. The SMILES string of the molecule is Cc1ccc(N(c2ccccc2)c2ccc3ccn(N(c4ccccc4)c4ccc(C)cc4)c3c2)cc1. The third-order valence-corrected chi connectivity index (χ3v) is 6.72. The Labute approximate surface area is 218 Å². The van der Waals surface area contributed by atoms with Crippen molar-refractivity contribution in [2.45, 2.75) is 13.8 Å². The van der Waals surface area contributed by atoms with Crippen molar-refractivity contribution in [2.75, 3.05) is 9.91 Å². The summed E-state index contributed by atoms with van der Waals surface area (Å²) in [5.41, 5.74) is 9.21. The number of hydrogen-bond acceptors (Lipinski definition) is 2. The van der Waals surface area contributed by atoms with Gasteiger partial charge in [-0.05, 0) is 80.6 Å². The fourth-order valence-corrected chi connectivity index (χ4v) is 4.79. The molecule has 6 rings (SSSR count). The Morgan fingerprint density at radius 2 is 0.946 bits per heavy atom. The topological polar surface area (TPSA) is 11.4 Å². The smallest absolute Gasteiger partial charge is 0.0723 e. The van der Waals surface area contributed by atoms with Gasteiger partial charge in [0.25, 0.3) is 0 Å². The monoisotopic (exact) mass is 479 g/mol. The minimum absolute atomic E-state index is 1.10. The van der Waals surface area contributed by atoms with Gasteiger partial charge in [-0.15, -0.1) is 0 Å². The summed E-state index contributed by atoms with van der Waals surface area (Å²) in [5.74, 6) is 0. The Morgan fingerprint density at radius 1 is 0.459 bits per heavy atom. The van der Waals surface area contributed by atoms with Gasteiger partial charge in [0.05, 0.1) is 16.9 Å². The molecular formula is C34H29N3. The lowest BCUT2D eigenvalue weighted by molar-refractivity contribution is 0.854. The zero-order valence-electron chi connectivity index (χ0n) is 21.1. The van der Waals surface area contributed by atoms with Crippen LogP contribution in [0.3, 0.4) is 0 Å². The van der Waals surface area contributed by atoms with Crippen LogP contribution < -0.4 is 9.91 Å². The van der Waals surface area contributed by atoms with Crippen molar-refractivity contribution in [3.05, 3.63) is 151 Å². The van der Waals surface area contributed by atoms with Crippen molar-refractivity contribution in [1.29, 1.82) is 0 Å². The highest BCUT2D eigenvalue weighted by molar-refractivity contribution is 5.89. The fraction of sp³-hybridized carbons (Fsp3) is 0.0588. The van der Waals surface area contributed by atoms with Crippen LogP contribution in [0.4, 0.5) is 28.4 Å². The second-order valence-electron chi connectivity index (χ2n) is 9.39. The zero-order chi connectivity index (χ0) is 25.2. The number of fused-ring (bicyclic) bond motifs is 1. The van der Waals surface area contributed by atoms with Crippen molar-refractivity contribution < 1.29 is 0 Å². The third kappa shape index (κ3) is 4.48. The predicted octanol–water partition coefficient (Wildman–Crippen LogP) is 9.33. The summed E-state index contributed by atoms with van der Waals surface area (Å²) in [6.45, 7) is 4.25. The molecule has 0 saturated heterocycles. The average Bonchev–Trinajstić information content (AvgIpc) is 3.35. The van der Waals surface area contributed by atoms with E-state index in [1.54, 1.807) is 0 Å². The first kappa shape index (κ1) is 22.7. The summed E-state index contributed by atoms with van der Waals surface area (Å²) in [6.07, 6.45) is 2.15. The number of nitrogens with zero attached hydrogens (tertiary/aromatic N) is 3. The molecule has 0 radical (unpaired) electrons. The molecule has 0 N–H and O–H groups in total. The Balaban J connectivity index is 1.53. The number of anilines is 5. The van der Waals surface area contributed by atoms with Crippen LogP contribution in [0, 0.1) is 13.8 Å². The lowest BCUT2D eigenvalue weighted by atomic mass is 10.1. The second kappa shape index (κ2) is 9.71. The Bertz CT molecular complexity index is 1620. The minimum Gasteiger partial charge on any atom is -0.310 e. The molecule has 0 spiro atoms. The van der Waals surface area contributed by atoms with E-state index < -0.39 is 0 Å². The molecule has 0 aliphatic carbocycles. The predicted molar refractivity (Wildman–Crippen MR) is 157 cm³/mol. The number of benzene rings is 5. The van der Waals surface area contributed by atoms with Crippen LogP contribution in [-0.4, -0.2) is 4.68 Å². The van der Waals surface area contributed by atoms with Gasteiger partial charge in [-0.2, -0.15) is 0 Å². The highest BCUT2D eigenvalue weighted by Crippen LogP contribution is 2.37. The van der Waals surface area contributed by atoms with Crippen molar-refractivity contribution in [2.24, 2.45) is 0 Å². The molecule has 0 unspecified atom stereocenters. The first-order valence-corrected chi connectivity index (χ1v) is 12.6. The van der Waals surface area contributed by atoms with Gasteiger partial charge >= 0.3 is 0 Å². The fourth-order valence-electron chi connectivity index (χ4n) is 4.79. The maximum Gasteiger partial charge on any atom is 0.0723 e. The molecule has 0 fully saturated rings.